The number of furan rings is 1. The van der Waals surface area contributed by atoms with Crippen LogP contribution in [-0.2, 0) is 4.74 Å². The molecule has 3 rings (SSSR count). The Morgan fingerprint density at radius 3 is 3.18 bits per heavy atom. The van der Waals surface area contributed by atoms with Gasteiger partial charge in [-0.15, -0.1) is 0 Å². The van der Waals surface area contributed by atoms with E-state index < -0.39 is 0 Å². The van der Waals surface area contributed by atoms with E-state index in [1.807, 2.05) is 24.9 Å². The van der Waals surface area contributed by atoms with Crippen molar-refractivity contribution in [3.05, 3.63) is 23.7 Å². The zero-order valence-electron chi connectivity index (χ0n) is 10.2. The zero-order valence-corrected chi connectivity index (χ0v) is 11.0. The van der Waals surface area contributed by atoms with Gasteiger partial charge >= 0.3 is 0 Å². The van der Waals surface area contributed by atoms with E-state index in [1.165, 1.54) is 17.7 Å². The van der Waals surface area contributed by atoms with E-state index in [1.54, 1.807) is 0 Å². The molecule has 2 fully saturated rings. The van der Waals surface area contributed by atoms with Gasteiger partial charge in [0.1, 0.15) is 5.76 Å². The standard InChI is InChI=1S/C13H19NO2S/c1-10-7-11(8-15-10)12-13(16-5-4-14-12)3-2-6-17-9-13/h7-8,12,14H,2-6,9H2,1H3. The van der Waals surface area contributed by atoms with Crippen LogP contribution in [0.15, 0.2) is 16.7 Å². The maximum Gasteiger partial charge on any atom is 0.101 e. The molecule has 2 aliphatic heterocycles. The third-order valence-corrected chi connectivity index (χ3v) is 4.96. The second kappa shape index (κ2) is 4.67. The highest BCUT2D eigenvalue weighted by molar-refractivity contribution is 7.99. The van der Waals surface area contributed by atoms with Crippen molar-refractivity contribution in [2.24, 2.45) is 0 Å². The molecule has 1 aromatic rings. The maximum atomic E-state index is 6.16. The number of rotatable bonds is 1. The lowest BCUT2D eigenvalue weighted by Crippen LogP contribution is -2.54. The van der Waals surface area contributed by atoms with Crippen molar-refractivity contribution in [3.8, 4) is 0 Å². The van der Waals surface area contributed by atoms with Crippen LogP contribution in [0.1, 0.15) is 30.2 Å². The van der Waals surface area contributed by atoms with Crippen molar-refractivity contribution in [3.63, 3.8) is 0 Å². The van der Waals surface area contributed by atoms with Crippen LogP contribution in [0, 0.1) is 6.92 Å². The van der Waals surface area contributed by atoms with Gasteiger partial charge in [-0.3, -0.25) is 0 Å². The minimum Gasteiger partial charge on any atom is -0.469 e. The molecule has 3 nitrogen and oxygen atoms in total. The Morgan fingerprint density at radius 1 is 1.53 bits per heavy atom. The van der Waals surface area contributed by atoms with E-state index in [9.17, 15) is 0 Å². The summed E-state index contributed by atoms with van der Waals surface area (Å²) in [5.41, 5.74) is 1.22. The fraction of sp³-hybridized carbons (Fsp3) is 0.692. The van der Waals surface area contributed by atoms with Gasteiger partial charge in [-0.1, -0.05) is 0 Å². The predicted octanol–water partition coefficient (Wildman–Crippen LogP) is 2.51. The first kappa shape index (κ1) is 11.6. The quantitative estimate of drug-likeness (QED) is 0.834. The van der Waals surface area contributed by atoms with Crippen LogP contribution >= 0.6 is 11.8 Å². The minimum absolute atomic E-state index is 0.0164. The molecule has 1 spiro atoms. The number of hydrogen-bond donors (Lipinski definition) is 1. The first-order chi connectivity index (χ1) is 8.30. The molecule has 0 radical (unpaired) electrons. The highest BCUT2D eigenvalue weighted by atomic mass is 32.2. The molecular formula is C13H19NO2S. The molecule has 4 heteroatoms. The van der Waals surface area contributed by atoms with Crippen LogP contribution in [0.25, 0.3) is 0 Å². The Kier molecular flexibility index (Phi) is 3.19. The lowest BCUT2D eigenvalue weighted by molar-refractivity contribution is -0.0889. The van der Waals surface area contributed by atoms with Crippen molar-refractivity contribution in [2.45, 2.75) is 31.4 Å². The molecule has 94 valence electrons. The van der Waals surface area contributed by atoms with Crippen molar-refractivity contribution >= 4 is 11.8 Å². The fourth-order valence-corrected chi connectivity index (χ4v) is 4.13. The fourth-order valence-electron chi connectivity index (χ4n) is 2.90. The normalized spacial score (nSPS) is 34.1. The average molecular weight is 253 g/mol. The summed E-state index contributed by atoms with van der Waals surface area (Å²) in [6.45, 7) is 3.75. The highest BCUT2D eigenvalue weighted by Gasteiger charge is 2.44. The largest absolute Gasteiger partial charge is 0.469 e. The summed E-state index contributed by atoms with van der Waals surface area (Å²) in [6, 6.07) is 2.43. The first-order valence-electron chi connectivity index (χ1n) is 6.30. The molecule has 0 saturated carbocycles. The Balaban J connectivity index is 1.89. The second-order valence-electron chi connectivity index (χ2n) is 4.95. The summed E-state index contributed by atoms with van der Waals surface area (Å²) in [5.74, 6) is 3.34. The molecule has 0 bridgehead atoms. The predicted molar refractivity (Wildman–Crippen MR) is 69.4 cm³/mol. The minimum atomic E-state index is -0.0164. The van der Waals surface area contributed by atoms with Gasteiger partial charge in [-0.2, -0.15) is 11.8 Å². The Hall–Kier alpha value is -0.450. The van der Waals surface area contributed by atoms with Crippen LogP contribution in [0.2, 0.25) is 0 Å². The van der Waals surface area contributed by atoms with Gasteiger partial charge in [0.25, 0.3) is 0 Å². The molecule has 1 N–H and O–H groups in total. The van der Waals surface area contributed by atoms with Gasteiger partial charge in [0.15, 0.2) is 0 Å². The number of aryl methyl sites for hydroxylation is 1. The van der Waals surface area contributed by atoms with Gasteiger partial charge in [0.05, 0.1) is 24.5 Å². The molecular weight excluding hydrogens is 234 g/mol. The van der Waals surface area contributed by atoms with E-state index >= 15 is 0 Å². The van der Waals surface area contributed by atoms with Crippen LogP contribution < -0.4 is 5.32 Å². The van der Waals surface area contributed by atoms with Crippen LogP contribution in [0.4, 0.5) is 0 Å². The van der Waals surface area contributed by atoms with Crippen molar-refractivity contribution in [2.75, 3.05) is 24.7 Å². The van der Waals surface area contributed by atoms with E-state index in [0.29, 0.717) is 6.04 Å². The summed E-state index contributed by atoms with van der Waals surface area (Å²) in [4.78, 5) is 0. The smallest absolute Gasteiger partial charge is 0.101 e. The number of thioether (sulfide) groups is 1. The van der Waals surface area contributed by atoms with Crippen molar-refractivity contribution in [1.82, 2.24) is 5.32 Å². The monoisotopic (exact) mass is 253 g/mol. The second-order valence-corrected chi connectivity index (χ2v) is 6.05. The summed E-state index contributed by atoms with van der Waals surface area (Å²) >= 11 is 2.01. The first-order valence-corrected chi connectivity index (χ1v) is 7.46. The molecule has 2 saturated heterocycles. The number of morpholine rings is 1. The Bertz CT molecular complexity index is 376. The Morgan fingerprint density at radius 2 is 2.47 bits per heavy atom. The van der Waals surface area contributed by atoms with Crippen molar-refractivity contribution < 1.29 is 9.15 Å². The molecule has 0 amide bonds. The number of ether oxygens (including phenoxy) is 1. The molecule has 1 aromatic heterocycles. The van der Waals surface area contributed by atoms with Gasteiger partial charge in [0.2, 0.25) is 0 Å². The lowest BCUT2D eigenvalue weighted by atomic mass is 9.85. The van der Waals surface area contributed by atoms with Gasteiger partial charge in [-0.05, 0) is 31.6 Å². The third kappa shape index (κ3) is 2.14. The Labute approximate surface area is 106 Å². The van der Waals surface area contributed by atoms with Crippen LogP contribution in [-0.4, -0.2) is 30.3 Å². The van der Waals surface area contributed by atoms with Gasteiger partial charge in [0, 0.05) is 17.9 Å². The number of nitrogens with one attached hydrogen (secondary N) is 1. The summed E-state index contributed by atoms with van der Waals surface area (Å²) in [5, 5.41) is 3.61. The van der Waals surface area contributed by atoms with Crippen LogP contribution in [0.5, 0.6) is 0 Å². The summed E-state index contributed by atoms with van der Waals surface area (Å²) in [6.07, 6.45) is 4.28. The SMILES string of the molecule is Cc1cc(C2NCCOC23CCCSC3)co1. The van der Waals surface area contributed by atoms with Crippen molar-refractivity contribution in [1.29, 1.82) is 0 Å². The van der Waals surface area contributed by atoms with Gasteiger partial charge in [-0.25, -0.2) is 0 Å². The molecule has 0 aliphatic carbocycles. The lowest BCUT2D eigenvalue weighted by Gasteiger charge is -2.46. The van der Waals surface area contributed by atoms with E-state index in [4.69, 9.17) is 9.15 Å². The molecule has 2 atom stereocenters. The topological polar surface area (TPSA) is 34.4 Å². The van der Waals surface area contributed by atoms with Gasteiger partial charge < -0.3 is 14.5 Å². The molecule has 3 heterocycles. The van der Waals surface area contributed by atoms with E-state index in [-0.39, 0.29) is 5.60 Å². The highest BCUT2D eigenvalue weighted by Crippen LogP contribution is 2.41. The molecule has 0 aromatic carbocycles. The summed E-state index contributed by atoms with van der Waals surface area (Å²) in [7, 11) is 0. The average Bonchev–Trinajstić information content (AvgIpc) is 2.77. The van der Waals surface area contributed by atoms with E-state index in [2.05, 4.69) is 11.4 Å². The molecule has 2 unspecified atom stereocenters. The van der Waals surface area contributed by atoms with E-state index in [0.717, 1.165) is 31.1 Å². The van der Waals surface area contributed by atoms with Crippen LogP contribution in [0.3, 0.4) is 0 Å². The molecule has 2 aliphatic rings. The summed E-state index contributed by atoms with van der Waals surface area (Å²) < 4.78 is 11.6. The third-order valence-electron chi connectivity index (χ3n) is 3.69. The molecule has 17 heavy (non-hydrogen) atoms. The zero-order chi connectivity index (χ0) is 11.7. The maximum absolute atomic E-state index is 6.16. The number of hydrogen-bond acceptors (Lipinski definition) is 4.